The second kappa shape index (κ2) is 8.40. The summed E-state index contributed by atoms with van der Waals surface area (Å²) in [5.74, 6) is 0. The zero-order chi connectivity index (χ0) is 15.1. The molecule has 0 radical (unpaired) electrons. The molecule has 1 rings (SSSR count). The fraction of sp³-hybridized carbons (Fsp3) is 0.647. The third kappa shape index (κ3) is 5.23. The lowest BCUT2D eigenvalue weighted by molar-refractivity contribution is 0.0859. The Hall–Kier alpha value is -0.900. The Bertz CT molecular complexity index is 375. The highest BCUT2D eigenvalue weighted by molar-refractivity contribution is 5.24. The van der Waals surface area contributed by atoms with Gasteiger partial charge in [0.25, 0.3) is 0 Å². The number of benzene rings is 1. The minimum Gasteiger partial charge on any atom is -0.387 e. The monoisotopic (exact) mass is 278 g/mol. The fourth-order valence-electron chi connectivity index (χ4n) is 2.57. The highest BCUT2D eigenvalue weighted by Crippen LogP contribution is 2.17. The first-order valence-electron chi connectivity index (χ1n) is 7.63. The number of nitrogens with zero attached hydrogens (tertiary/aromatic N) is 2. The maximum absolute atomic E-state index is 10.4. The summed E-state index contributed by atoms with van der Waals surface area (Å²) >= 11 is 0. The van der Waals surface area contributed by atoms with Crippen LogP contribution in [0.25, 0.3) is 0 Å². The van der Waals surface area contributed by atoms with Gasteiger partial charge in [0.15, 0.2) is 0 Å². The molecule has 0 fully saturated rings. The molecule has 0 bridgehead atoms. The van der Waals surface area contributed by atoms with Crippen molar-refractivity contribution in [2.24, 2.45) is 0 Å². The highest BCUT2D eigenvalue weighted by Gasteiger charge is 2.17. The fourth-order valence-corrected chi connectivity index (χ4v) is 2.57. The van der Waals surface area contributed by atoms with Crippen LogP contribution in [-0.4, -0.2) is 54.7 Å². The average molecular weight is 278 g/mol. The lowest BCUT2D eigenvalue weighted by Crippen LogP contribution is -2.42. The molecule has 2 unspecified atom stereocenters. The molecule has 2 atom stereocenters. The second-order valence-electron chi connectivity index (χ2n) is 5.81. The van der Waals surface area contributed by atoms with Crippen molar-refractivity contribution in [3.8, 4) is 0 Å². The molecule has 3 nitrogen and oxygen atoms in total. The summed E-state index contributed by atoms with van der Waals surface area (Å²) in [6.45, 7) is 9.17. The average Bonchev–Trinajstić information content (AvgIpc) is 2.43. The van der Waals surface area contributed by atoms with Gasteiger partial charge in [-0.15, -0.1) is 0 Å². The number of aryl methyl sites for hydroxylation is 1. The van der Waals surface area contributed by atoms with Gasteiger partial charge in [0.05, 0.1) is 6.10 Å². The molecule has 3 heteroatoms. The van der Waals surface area contributed by atoms with Crippen LogP contribution in [-0.2, 0) is 6.42 Å². The van der Waals surface area contributed by atoms with Crippen LogP contribution >= 0.6 is 0 Å². The van der Waals surface area contributed by atoms with E-state index in [1.165, 1.54) is 5.56 Å². The Morgan fingerprint density at radius 1 is 1.05 bits per heavy atom. The normalized spacial score (nSPS) is 14.8. The van der Waals surface area contributed by atoms with E-state index in [1.54, 1.807) is 0 Å². The van der Waals surface area contributed by atoms with Crippen LogP contribution < -0.4 is 0 Å². The third-order valence-electron chi connectivity index (χ3n) is 3.84. The van der Waals surface area contributed by atoms with E-state index < -0.39 is 6.10 Å². The predicted molar refractivity (Wildman–Crippen MR) is 86.0 cm³/mol. The van der Waals surface area contributed by atoms with Crippen LogP contribution in [0.4, 0.5) is 0 Å². The van der Waals surface area contributed by atoms with Crippen molar-refractivity contribution in [2.75, 3.05) is 33.7 Å². The molecule has 1 N–H and O–H groups in total. The molecule has 114 valence electrons. The van der Waals surface area contributed by atoms with Crippen molar-refractivity contribution in [1.82, 2.24) is 9.80 Å². The molecule has 0 aromatic heterocycles. The van der Waals surface area contributed by atoms with Gasteiger partial charge in [-0.1, -0.05) is 38.1 Å². The molecular formula is C17H30N2O. The molecule has 20 heavy (non-hydrogen) atoms. The van der Waals surface area contributed by atoms with E-state index in [0.29, 0.717) is 12.6 Å². The second-order valence-corrected chi connectivity index (χ2v) is 5.81. The Balaban J connectivity index is 2.63. The quantitative estimate of drug-likeness (QED) is 0.791. The van der Waals surface area contributed by atoms with Crippen LogP contribution in [0.15, 0.2) is 24.3 Å². The van der Waals surface area contributed by atoms with Crippen LogP contribution in [0, 0.1) is 0 Å². The van der Waals surface area contributed by atoms with Gasteiger partial charge >= 0.3 is 0 Å². The lowest BCUT2D eigenvalue weighted by Gasteiger charge is -2.31. The van der Waals surface area contributed by atoms with Crippen molar-refractivity contribution in [3.63, 3.8) is 0 Å². The molecule has 0 saturated carbocycles. The largest absolute Gasteiger partial charge is 0.387 e. The number of aliphatic hydroxyl groups excluding tert-OH is 1. The van der Waals surface area contributed by atoms with Gasteiger partial charge in [-0.25, -0.2) is 0 Å². The molecule has 0 heterocycles. The summed E-state index contributed by atoms with van der Waals surface area (Å²) in [4.78, 5) is 4.52. The van der Waals surface area contributed by atoms with Gasteiger partial charge in [-0.3, -0.25) is 4.90 Å². The first-order chi connectivity index (χ1) is 9.47. The van der Waals surface area contributed by atoms with Crippen molar-refractivity contribution in [2.45, 2.75) is 39.3 Å². The summed E-state index contributed by atoms with van der Waals surface area (Å²) in [5.41, 5.74) is 2.33. The van der Waals surface area contributed by atoms with Crippen LogP contribution in [0.3, 0.4) is 0 Å². The van der Waals surface area contributed by atoms with E-state index in [0.717, 1.165) is 25.1 Å². The molecule has 1 aromatic carbocycles. The summed E-state index contributed by atoms with van der Waals surface area (Å²) in [6.07, 6.45) is 0.627. The van der Waals surface area contributed by atoms with Crippen molar-refractivity contribution < 1.29 is 5.11 Å². The molecular weight excluding hydrogens is 248 g/mol. The number of hydrogen-bond donors (Lipinski definition) is 1. The maximum Gasteiger partial charge on any atom is 0.0917 e. The number of hydrogen-bond acceptors (Lipinski definition) is 3. The van der Waals surface area contributed by atoms with Crippen molar-refractivity contribution >= 4 is 0 Å². The molecule has 1 aromatic rings. The van der Waals surface area contributed by atoms with Gasteiger partial charge in [-0.05, 0) is 45.1 Å². The van der Waals surface area contributed by atoms with Gasteiger partial charge in [0.2, 0.25) is 0 Å². The van der Waals surface area contributed by atoms with Gasteiger partial charge in [-0.2, -0.15) is 0 Å². The minimum atomic E-state index is -0.412. The summed E-state index contributed by atoms with van der Waals surface area (Å²) < 4.78 is 0. The Morgan fingerprint density at radius 3 is 2.10 bits per heavy atom. The van der Waals surface area contributed by atoms with E-state index in [1.807, 2.05) is 12.1 Å². The van der Waals surface area contributed by atoms with Crippen molar-refractivity contribution in [1.29, 1.82) is 0 Å². The molecule has 0 amide bonds. The summed E-state index contributed by atoms with van der Waals surface area (Å²) in [5, 5.41) is 10.4. The number of likely N-dealkylation sites (N-methyl/N-ethyl adjacent to an activating group) is 2. The molecule has 0 aliphatic heterocycles. The number of rotatable bonds is 8. The van der Waals surface area contributed by atoms with Gasteiger partial charge in [0, 0.05) is 19.1 Å². The van der Waals surface area contributed by atoms with Crippen LogP contribution in [0.5, 0.6) is 0 Å². The molecule has 0 aliphatic rings. The Morgan fingerprint density at radius 2 is 1.65 bits per heavy atom. The Labute approximate surface area is 124 Å². The minimum absolute atomic E-state index is 0.412. The van der Waals surface area contributed by atoms with Gasteiger partial charge in [0.1, 0.15) is 0 Å². The van der Waals surface area contributed by atoms with E-state index in [-0.39, 0.29) is 0 Å². The summed E-state index contributed by atoms with van der Waals surface area (Å²) in [6, 6.07) is 8.76. The number of aliphatic hydroxyl groups is 1. The van der Waals surface area contributed by atoms with Crippen LogP contribution in [0.1, 0.15) is 38.0 Å². The first-order valence-corrected chi connectivity index (χ1v) is 7.63. The summed E-state index contributed by atoms with van der Waals surface area (Å²) in [7, 11) is 4.18. The topological polar surface area (TPSA) is 26.7 Å². The smallest absolute Gasteiger partial charge is 0.0917 e. The lowest BCUT2D eigenvalue weighted by atomic mass is 10.0. The third-order valence-corrected chi connectivity index (χ3v) is 3.84. The standard InChI is InChI=1S/C17H30N2O/c1-6-15-8-10-16(11-9-15)17(20)13-19(7-2)14(3)12-18(4)5/h8-11,14,17,20H,6-7,12-13H2,1-5H3. The maximum atomic E-state index is 10.4. The predicted octanol–water partition coefficient (Wildman–Crippen LogP) is 2.55. The van der Waals surface area contributed by atoms with Crippen LogP contribution in [0.2, 0.25) is 0 Å². The SMILES string of the molecule is CCc1ccc(C(O)CN(CC)C(C)CN(C)C)cc1. The van der Waals surface area contributed by atoms with E-state index >= 15 is 0 Å². The Kier molecular flexibility index (Phi) is 7.20. The van der Waals surface area contributed by atoms with Gasteiger partial charge < -0.3 is 10.0 Å². The first kappa shape index (κ1) is 17.2. The zero-order valence-electron chi connectivity index (χ0n) is 13.6. The van der Waals surface area contributed by atoms with E-state index in [2.05, 4.69) is 56.8 Å². The van der Waals surface area contributed by atoms with E-state index in [9.17, 15) is 5.11 Å². The molecule has 0 spiro atoms. The molecule has 0 aliphatic carbocycles. The zero-order valence-corrected chi connectivity index (χ0v) is 13.6. The van der Waals surface area contributed by atoms with E-state index in [4.69, 9.17) is 0 Å². The molecule has 0 saturated heterocycles. The van der Waals surface area contributed by atoms with Crippen molar-refractivity contribution in [3.05, 3.63) is 35.4 Å². The highest BCUT2D eigenvalue weighted by atomic mass is 16.3.